The molecule has 2 aromatic rings. The fraction of sp³-hybridized carbons (Fsp3) is 0.364. The first kappa shape index (κ1) is 21.0. The minimum atomic E-state index is -0.231. The van der Waals surface area contributed by atoms with Crippen LogP contribution in [0.25, 0.3) is 0 Å². The van der Waals surface area contributed by atoms with Crippen LogP contribution in [-0.4, -0.2) is 49.5 Å². The average Bonchev–Trinajstić information content (AvgIpc) is 2.71. The molecule has 0 unspecified atom stereocenters. The van der Waals surface area contributed by atoms with Gasteiger partial charge in [0, 0.05) is 38.1 Å². The highest BCUT2D eigenvalue weighted by Gasteiger charge is 2.21. The first-order chi connectivity index (χ1) is 13.8. The number of nitrogens with one attached hydrogen (secondary N) is 1. The SMILES string of the molecule is CC(=O)N1CCN(c2ccccc2NC(=O)COc2cc(C)c(Cl)c(C)c2)CC1. The predicted octanol–water partition coefficient (Wildman–Crippen LogP) is 3.64. The van der Waals surface area contributed by atoms with E-state index in [1.54, 1.807) is 6.92 Å². The van der Waals surface area contributed by atoms with E-state index in [-0.39, 0.29) is 18.4 Å². The molecular formula is C22H26ClN3O3. The predicted molar refractivity (Wildman–Crippen MR) is 116 cm³/mol. The van der Waals surface area contributed by atoms with Crippen molar-refractivity contribution in [2.75, 3.05) is 43.0 Å². The van der Waals surface area contributed by atoms with Gasteiger partial charge in [0.1, 0.15) is 5.75 Å². The molecule has 0 spiro atoms. The van der Waals surface area contributed by atoms with Crippen LogP contribution < -0.4 is 15.0 Å². The first-order valence-electron chi connectivity index (χ1n) is 9.64. The number of hydrogen-bond acceptors (Lipinski definition) is 4. The molecule has 1 fully saturated rings. The maximum Gasteiger partial charge on any atom is 0.262 e. The summed E-state index contributed by atoms with van der Waals surface area (Å²) in [5.74, 6) is 0.481. The number of amides is 2. The average molecular weight is 416 g/mol. The van der Waals surface area contributed by atoms with E-state index in [0.29, 0.717) is 23.9 Å². The molecule has 0 atom stereocenters. The highest BCUT2D eigenvalue weighted by Crippen LogP contribution is 2.28. The number of hydrogen-bond donors (Lipinski definition) is 1. The maximum absolute atomic E-state index is 12.5. The lowest BCUT2D eigenvalue weighted by Crippen LogP contribution is -2.48. The van der Waals surface area contributed by atoms with E-state index in [1.165, 1.54) is 0 Å². The molecule has 2 amide bonds. The molecule has 6 nitrogen and oxygen atoms in total. The van der Waals surface area contributed by atoms with Crippen LogP contribution in [0.3, 0.4) is 0 Å². The number of halogens is 1. The van der Waals surface area contributed by atoms with Gasteiger partial charge < -0.3 is 19.9 Å². The zero-order valence-electron chi connectivity index (χ0n) is 17.0. The lowest BCUT2D eigenvalue weighted by atomic mass is 10.1. The van der Waals surface area contributed by atoms with Gasteiger partial charge in [0.2, 0.25) is 5.91 Å². The Bertz CT molecular complexity index is 885. The Morgan fingerprint density at radius 3 is 2.31 bits per heavy atom. The summed E-state index contributed by atoms with van der Waals surface area (Å²) < 4.78 is 5.65. The second-order valence-corrected chi connectivity index (χ2v) is 7.60. The molecule has 1 N–H and O–H groups in total. The van der Waals surface area contributed by atoms with Gasteiger partial charge >= 0.3 is 0 Å². The van der Waals surface area contributed by atoms with E-state index in [1.807, 2.05) is 55.1 Å². The number of ether oxygens (including phenoxy) is 1. The normalized spacial score (nSPS) is 13.9. The largest absolute Gasteiger partial charge is 0.484 e. The molecule has 0 radical (unpaired) electrons. The van der Waals surface area contributed by atoms with Crippen LogP contribution >= 0.6 is 11.6 Å². The molecule has 1 saturated heterocycles. The van der Waals surface area contributed by atoms with Gasteiger partial charge in [-0.3, -0.25) is 9.59 Å². The summed E-state index contributed by atoms with van der Waals surface area (Å²) >= 11 is 6.18. The number of piperazine rings is 1. The number of benzene rings is 2. The van der Waals surface area contributed by atoms with Crippen molar-refractivity contribution in [3.63, 3.8) is 0 Å². The van der Waals surface area contributed by atoms with E-state index in [2.05, 4.69) is 10.2 Å². The highest BCUT2D eigenvalue weighted by molar-refractivity contribution is 6.32. The third-order valence-electron chi connectivity index (χ3n) is 5.02. The number of carbonyl (C=O) groups excluding carboxylic acids is 2. The van der Waals surface area contributed by atoms with Gasteiger partial charge in [0.25, 0.3) is 5.91 Å². The Hall–Kier alpha value is -2.73. The summed E-state index contributed by atoms with van der Waals surface area (Å²) in [6.07, 6.45) is 0. The van der Waals surface area contributed by atoms with Crippen LogP contribution in [0.2, 0.25) is 5.02 Å². The Kier molecular flexibility index (Phi) is 6.64. The quantitative estimate of drug-likeness (QED) is 0.809. The monoisotopic (exact) mass is 415 g/mol. The maximum atomic E-state index is 12.5. The van der Waals surface area contributed by atoms with Crippen LogP contribution in [0.4, 0.5) is 11.4 Å². The van der Waals surface area contributed by atoms with Crippen LogP contribution in [0, 0.1) is 13.8 Å². The van der Waals surface area contributed by atoms with Crippen molar-refractivity contribution in [1.82, 2.24) is 4.90 Å². The van der Waals surface area contributed by atoms with Gasteiger partial charge in [0.05, 0.1) is 11.4 Å². The third kappa shape index (κ3) is 5.21. The molecule has 29 heavy (non-hydrogen) atoms. The summed E-state index contributed by atoms with van der Waals surface area (Å²) in [7, 11) is 0. The van der Waals surface area contributed by atoms with Gasteiger partial charge in [-0.2, -0.15) is 0 Å². The van der Waals surface area contributed by atoms with Crippen molar-refractivity contribution in [2.45, 2.75) is 20.8 Å². The molecule has 0 aliphatic carbocycles. The number of rotatable bonds is 5. The van der Waals surface area contributed by atoms with Crippen LogP contribution in [0.1, 0.15) is 18.1 Å². The molecule has 0 saturated carbocycles. The molecule has 3 rings (SSSR count). The van der Waals surface area contributed by atoms with Crippen molar-refractivity contribution >= 4 is 34.8 Å². The topological polar surface area (TPSA) is 61.9 Å². The molecule has 0 bridgehead atoms. The van der Waals surface area contributed by atoms with Crippen LogP contribution in [0.5, 0.6) is 5.75 Å². The number of nitrogens with zero attached hydrogens (tertiary/aromatic N) is 2. The van der Waals surface area contributed by atoms with Crippen molar-refractivity contribution in [3.8, 4) is 5.75 Å². The van der Waals surface area contributed by atoms with Crippen molar-refractivity contribution in [3.05, 3.63) is 52.5 Å². The fourth-order valence-electron chi connectivity index (χ4n) is 3.44. The van der Waals surface area contributed by atoms with E-state index in [4.69, 9.17) is 16.3 Å². The van der Waals surface area contributed by atoms with Gasteiger partial charge in [-0.15, -0.1) is 0 Å². The summed E-state index contributed by atoms with van der Waals surface area (Å²) in [6.45, 7) is 8.12. The summed E-state index contributed by atoms with van der Waals surface area (Å²) in [5, 5.41) is 3.65. The van der Waals surface area contributed by atoms with Gasteiger partial charge in [-0.1, -0.05) is 23.7 Å². The molecule has 154 valence electrons. The molecule has 1 heterocycles. The lowest BCUT2D eigenvalue weighted by Gasteiger charge is -2.36. The van der Waals surface area contributed by atoms with Crippen molar-refractivity contribution < 1.29 is 14.3 Å². The summed E-state index contributed by atoms with van der Waals surface area (Å²) in [6, 6.07) is 11.3. The Morgan fingerprint density at radius 1 is 1.07 bits per heavy atom. The molecular weight excluding hydrogens is 390 g/mol. The zero-order valence-corrected chi connectivity index (χ0v) is 17.8. The molecule has 2 aromatic carbocycles. The van der Waals surface area contributed by atoms with Crippen molar-refractivity contribution in [1.29, 1.82) is 0 Å². The van der Waals surface area contributed by atoms with Gasteiger partial charge in [-0.05, 0) is 49.2 Å². The van der Waals surface area contributed by atoms with E-state index >= 15 is 0 Å². The minimum absolute atomic E-state index is 0.0903. The Labute approximate surface area is 176 Å². The van der Waals surface area contributed by atoms with E-state index in [0.717, 1.165) is 35.6 Å². The first-order valence-corrected chi connectivity index (χ1v) is 10.0. The number of aryl methyl sites for hydroxylation is 2. The third-order valence-corrected chi connectivity index (χ3v) is 5.62. The zero-order chi connectivity index (χ0) is 21.0. The second-order valence-electron chi connectivity index (χ2n) is 7.22. The fourth-order valence-corrected chi connectivity index (χ4v) is 3.55. The lowest BCUT2D eigenvalue weighted by molar-refractivity contribution is -0.129. The second kappa shape index (κ2) is 9.18. The van der Waals surface area contributed by atoms with Crippen LogP contribution in [0.15, 0.2) is 36.4 Å². The van der Waals surface area contributed by atoms with E-state index in [9.17, 15) is 9.59 Å². The number of para-hydroxylation sites is 2. The standard InChI is InChI=1S/C22H26ClN3O3/c1-15-12-18(13-16(2)22(15)23)29-14-21(28)24-19-6-4-5-7-20(19)26-10-8-25(9-11-26)17(3)27/h4-7,12-13H,8-11,14H2,1-3H3,(H,24,28). The van der Waals surface area contributed by atoms with Gasteiger partial charge in [-0.25, -0.2) is 0 Å². The molecule has 7 heteroatoms. The summed E-state index contributed by atoms with van der Waals surface area (Å²) in [5.41, 5.74) is 3.51. The van der Waals surface area contributed by atoms with Crippen molar-refractivity contribution in [2.24, 2.45) is 0 Å². The number of carbonyl (C=O) groups is 2. The minimum Gasteiger partial charge on any atom is -0.484 e. The van der Waals surface area contributed by atoms with E-state index < -0.39 is 0 Å². The van der Waals surface area contributed by atoms with Crippen LogP contribution in [-0.2, 0) is 9.59 Å². The molecule has 1 aliphatic rings. The summed E-state index contributed by atoms with van der Waals surface area (Å²) in [4.78, 5) is 28.0. The highest BCUT2D eigenvalue weighted by atomic mass is 35.5. The van der Waals surface area contributed by atoms with Gasteiger partial charge in [0.15, 0.2) is 6.61 Å². The number of anilines is 2. The molecule has 1 aliphatic heterocycles. The Balaban J connectivity index is 1.62. The Morgan fingerprint density at radius 2 is 1.69 bits per heavy atom. The smallest absolute Gasteiger partial charge is 0.262 e. The molecule has 0 aromatic heterocycles.